The van der Waals surface area contributed by atoms with E-state index in [1.54, 1.807) is 12.1 Å². The molecule has 0 unspecified atom stereocenters. The van der Waals surface area contributed by atoms with Crippen LogP contribution in [0.3, 0.4) is 0 Å². The van der Waals surface area contributed by atoms with E-state index in [0.717, 1.165) is 0 Å². The smallest absolute Gasteiger partial charge is 0.395 e. The molecule has 0 aliphatic carbocycles. The highest BCUT2D eigenvalue weighted by molar-refractivity contribution is 7.48. The van der Waals surface area contributed by atoms with E-state index in [1.165, 1.54) is 36.4 Å². The molecule has 0 fully saturated rings. The second-order valence-corrected chi connectivity index (χ2v) is 10.5. The Morgan fingerprint density at radius 1 is 0.720 bits per heavy atom. The Labute approximate surface area is 174 Å². The molecule has 136 valence electrons. The van der Waals surface area contributed by atoms with Crippen LogP contribution in [0.2, 0.25) is 0 Å². The first kappa shape index (κ1) is 21.3. The zero-order chi connectivity index (χ0) is 18.9. The van der Waals surface area contributed by atoms with Gasteiger partial charge in [-0.05, 0) is 12.1 Å². The zero-order valence-electron chi connectivity index (χ0n) is 12.0. The van der Waals surface area contributed by atoms with Gasteiger partial charge in [0.15, 0.2) is 0 Å². The first-order chi connectivity index (χ1) is 11.4. The van der Waals surface area contributed by atoms with E-state index in [1.807, 2.05) is 0 Å². The lowest BCUT2D eigenvalue weighted by Crippen LogP contribution is -2.09. The Morgan fingerprint density at radius 2 is 1.04 bits per heavy atom. The van der Waals surface area contributed by atoms with E-state index in [4.69, 9.17) is 78.7 Å². The maximum atomic E-state index is 12.4. The topological polar surface area (TPSA) is 55.8 Å². The van der Waals surface area contributed by atoms with Crippen LogP contribution in [-0.2, 0) is 12.2 Å². The van der Waals surface area contributed by atoms with Crippen molar-refractivity contribution in [2.24, 2.45) is 0 Å². The zero-order valence-corrected chi connectivity index (χ0v) is 17.4. The summed E-state index contributed by atoms with van der Waals surface area (Å²) >= 11 is 34.9. The van der Waals surface area contributed by atoms with Gasteiger partial charge >= 0.3 is 7.82 Å². The van der Waals surface area contributed by atoms with E-state index < -0.39 is 15.4 Å². The lowest BCUT2D eigenvalue weighted by atomic mass is 10.2. The SMILES string of the molecule is O=P(O)(Oc1ccccc1C(Cl)(Cl)Cl)Oc1ccccc1C(Cl)(Cl)Cl. The van der Waals surface area contributed by atoms with E-state index in [-0.39, 0.29) is 22.6 Å². The fourth-order valence-corrected chi connectivity index (χ4v) is 3.62. The van der Waals surface area contributed by atoms with Crippen molar-refractivity contribution in [1.29, 1.82) is 0 Å². The number of alkyl halides is 6. The molecule has 0 atom stereocenters. The van der Waals surface area contributed by atoms with Gasteiger partial charge in [-0.15, -0.1) is 0 Å². The maximum absolute atomic E-state index is 12.4. The molecule has 2 aromatic rings. The van der Waals surface area contributed by atoms with Gasteiger partial charge in [-0.3, -0.25) is 4.89 Å². The van der Waals surface area contributed by atoms with Crippen LogP contribution in [0.4, 0.5) is 0 Å². The van der Waals surface area contributed by atoms with Crippen LogP contribution in [0.5, 0.6) is 11.5 Å². The molecule has 0 aromatic heterocycles. The molecule has 0 bridgehead atoms. The monoisotopic (exact) mass is 482 g/mol. The summed E-state index contributed by atoms with van der Waals surface area (Å²) < 4.78 is 18.7. The van der Waals surface area contributed by atoms with Crippen LogP contribution in [0, 0.1) is 0 Å². The van der Waals surface area contributed by atoms with Crippen LogP contribution in [-0.4, -0.2) is 4.89 Å². The molecular weight excluding hydrogens is 476 g/mol. The summed E-state index contributed by atoms with van der Waals surface area (Å²) in [4.78, 5) is 10.1. The van der Waals surface area contributed by atoms with Gasteiger partial charge in [0.1, 0.15) is 11.5 Å². The van der Waals surface area contributed by atoms with Crippen molar-refractivity contribution >= 4 is 77.4 Å². The number of phosphoric acid groups is 1. The van der Waals surface area contributed by atoms with Crippen LogP contribution in [0.15, 0.2) is 48.5 Å². The molecule has 2 rings (SSSR count). The quantitative estimate of drug-likeness (QED) is 0.379. The lowest BCUT2D eigenvalue weighted by Gasteiger charge is -2.21. The van der Waals surface area contributed by atoms with Crippen molar-refractivity contribution < 1.29 is 18.5 Å². The standard InChI is InChI=1S/C14H9Cl6O4P/c15-13(16,17)9-5-1-3-7-11(9)23-25(21,22)24-12-8-4-2-6-10(12)14(18,19)20/h1-8H,(H,21,22). The van der Waals surface area contributed by atoms with Crippen LogP contribution in [0.1, 0.15) is 11.1 Å². The van der Waals surface area contributed by atoms with Crippen LogP contribution < -0.4 is 9.05 Å². The van der Waals surface area contributed by atoms with Gasteiger partial charge < -0.3 is 9.05 Å². The molecule has 0 amide bonds. The molecule has 0 spiro atoms. The van der Waals surface area contributed by atoms with Gasteiger partial charge in [-0.1, -0.05) is 106 Å². The van der Waals surface area contributed by atoms with Gasteiger partial charge in [-0.25, -0.2) is 4.57 Å². The third-order valence-electron chi connectivity index (χ3n) is 2.81. The highest BCUT2D eigenvalue weighted by Gasteiger charge is 2.34. The predicted octanol–water partition coefficient (Wildman–Crippen LogP) is 6.90. The number of hydrogen-bond donors (Lipinski definition) is 1. The maximum Gasteiger partial charge on any atom is 0.584 e. The molecule has 2 aromatic carbocycles. The average Bonchev–Trinajstić information content (AvgIpc) is 2.45. The van der Waals surface area contributed by atoms with E-state index >= 15 is 0 Å². The number of para-hydroxylation sites is 2. The normalized spacial score (nSPS) is 12.8. The van der Waals surface area contributed by atoms with E-state index in [0.29, 0.717) is 0 Å². The average molecular weight is 485 g/mol. The summed E-state index contributed by atoms with van der Waals surface area (Å²) in [5.74, 6) is -0.278. The van der Waals surface area contributed by atoms with E-state index in [2.05, 4.69) is 0 Å². The van der Waals surface area contributed by atoms with Crippen molar-refractivity contribution in [1.82, 2.24) is 0 Å². The molecule has 11 heteroatoms. The molecule has 4 nitrogen and oxygen atoms in total. The number of halogens is 6. The molecule has 1 N–H and O–H groups in total. The second-order valence-electron chi connectivity index (χ2n) is 4.64. The predicted molar refractivity (Wildman–Crippen MR) is 102 cm³/mol. The fraction of sp³-hybridized carbons (Fsp3) is 0.143. The second kappa shape index (κ2) is 7.92. The highest BCUT2D eigenvalue weighted by Crippen LogP contribution is 2.52. The minimum atomic E-state index is -4.68. The van der Waals surface area contributed by atoms with Crippen LogP contribution in [0.25, 0.3) is 0 Å². The lowest BCUT2D eigenvalue weighted by molar-refractivity contribution is 0.289. The number of hydrogen-bond acceptors (Lipinski definition) is 3. The molecular formula is C14H9Cl6O4P. The Kier molecular flexibility index (Phi) is 6.74. The summed E-state index contributed by atoms with van der Waals surface area (Å²) in [6.07, 6.45) is 0. The van der Waals surface area contributed by atoms with Crippen molar-refractivity contribution in [3.8, 4) is 11.5 Å². The largest absolute Gasteiger partial charge is 0.584 e. The Hall–Kier alpha value is -0.0300. The van der Waals surface area contributed by atoms with Gasteiger partial charge in [0, 0.05) is 11.1 Å². The third-order valence-corrected chi connectivity index (χ3v) is 4.89. The fourth-order valence-electron chi connectivity index (χ4n) is 1.83. The van der Waals surface area contributed by atoms with E-state index in [9.17, 15) is 9.46 Å². The summed E-state index contributed by atoms with van der Waals surface area (Å²) in [6, 6.07) is 11.8. The van der Waals surface area contributed by atoms with Gasteiger partial charge in [0.05, 0.1) is 0 Å². The van der Waals surface area contributed by atoms with Gasteiger partial charge in [0.25, 0.3) is 0 Å². The van der Waals surface area contributed by atoms with Gasteiger partial charge in [0.2, 0.25) is 7.59 Å². The van der Waals surface area contributed by atoms with Crippen LogP contribution >= 0.6 is 77.4 Å². The van der Waals surface area contributed by atoms with Crippen molar-refractivity contribution in [3.63, 3.8) is 0 Å². The summed E-state index contributed by atoms with van der Waals surface area (Å²) in [6.45, 7) is 0. The minimum absolute atomic E-state index is 0.0625. The number of benzene rings is 2. The Bertz CT molecular complexity index is 739. The van der Waals surface area contributed by atoms with Crippen molar-refractivity contribution in [2.75, 3.05) is 0 Å². The van der Waals surface area contributed by atoms with Gasteiger partial charge in [-0.2, -0.15) is 0 Å². The summed E-state index contributed by atoms with van der Waals surface area (Å²) in [5, 5.41) is 0. The summed E-state index contributed by atoms with van der Waals surface area (Å²) in [5.41, 5.74) is 0.125. The molecule has 0 saturated heterocycles. The highest BCUT2D eigenvalue weighted by atomic mass is 35.6. The van der Waals surface area contributed by atoms with Crippen molar-refractivity contribution in [2.45, 2.75) is 7.59 Å². The number of rotatable bonds is 4. The first-order valence-corrected chi connectivity index (χ1v) is 10.2. The molecule has 0 heterocycles. The molecule has 0 aliphatic heterocycles. The van der Waals surface area contributed by atoms with Crippen molar-refractivity contribution in [3.05, 3.63) is 59.7 Å². The molecule has 0 aliphatic rings. The Balaban J connectivity index is 2.33. The molecule has 0 radical (unpaired) electrons. The Morgan fingerprint density at radius 3 is 1.36 bits per heavy atom. The molecule has 25 heavy (non-hydrogen) atoms. The minimum Gasteiger partial charge on any atom is -0.395 e. The molecule has 0 saturated carbocycles. The summed E-state index contributed by atoms with van der Waals surface area (Å²) in [7, 11) is -4.68. The third kappa shape index (κ3) is 5.98. The number of phosphoric ester groups is 1. The first-order valence-electron chi connectivity index (χ1n) is 6.44.